The second kappa shape index (κ2) is 7.41. The summed E-state index contributed by atoms with van der Waals surface area (Å²) in [5, 5.41) is 1.12. The minimum Gasteiger partial charge on any atom is -0.343 e. The third-order valence-electron chi connectivity index (χ3n) is 4.92. The summed E-state index contributed by atoms with van der Waals surface area (Å²) >= 11 is 1.92. The molecule has 1 aromatic carbocycles. The Kier molecular flexibility index (Phi) is 5.14. The van der Waals surface area contributed by atoms with Gasteiger partial charge in [0, 0.05) is 34.5 Å². The summed E-state index contributed by atoms with van der Waals surface area (Å²) in [5.41, 5.74) is 4.38. The van der Waals surface area contributed by atoms with Crippen molar-refractivity contribution in [3.63, 3.8) is 0 Å². The average molecular weight is 400 g/mol. The summed E-state index contributed by atoms with van der Waals surface area (Å²) in [6, 6.07) is 12.6. The third kappa shape index (κ3) is 3.98. The van der Waals surface area contributed by atoms with Crippen LogP contribution >= 0.6 is 11.8 Å². The molecule has 27 heavy (non-hydrogen) atoms. The zero-order chi connectivity index (χ0) is 19.0. The van der Waals surface area contributed by atoms with Crippen LogP contribution in [0.5, 0.6) is 0 Å². The summed E-state index contributed by atoms with van der Waals surface area (Å²) in [5.74, 6) is 2.20. The molecule has 2 unspecified atom stereocenters. The summed E-state index contributed by atoms with van der Waals surface area (Å²) in [6.45, 7) is 6.58. The molecule has 4 rings (SSSR count). The number of hydrogen-bond donors (Lipinski definition) is 2. The highest BCUT2D eigenvalue weighted by atomic mass is 32.2. The molecule has 1 aliphatic rings. The van der Waals surface area contributed by atoms with E-state index in [-0.39, 0.29) is 5.41 Å². The first-order chi connectivity index (χ1) is 12.9. The average Bonchev–Trinajstić information content (AvgIpc) is 3.30. The molecule has 1 fully saturated rings. The topological polar surface area (TPSA) is 57.8 Å². The summed E-state index contributed by atoms with van der Waals surface area (Å²) in [6.07, 6.45) is 2.93. The zero-order valence-electron chi connectivity index (χ0n) is 15.9. The van der Waals surface area contributed by atoms with E-state index in [0.717, 1.165) is 45.0 Å². The standard InChI is InChI=1S/C21H25N3OS2/c1-21(2,3)19-12-18-17(8-10-22-20(18)23-19)14-4-6-16(7-5-14)27(25)24-15-9-11-26-13-15/h4-8,10,12,15,24H,9,11,13H2,1-3H3,(H,22,23). The van der Waals surface area contributed by atoms with Gasteiger partial charge < -0.3 is 4.98 Å². The lowest BCUT2D eigenvalue weighted by Crippen LogP contribution is -2.30. The molecule has 6 heteroatoms. The van der Waals surface area contributed by atoms with Crippen molar-refractivity contribution in [2.45, 2.75) is 43.5 Å². The van der Waals surface area contributed by atoms with Crippen LogP contribution in [0.15, 0.2) is 47.5 Å². The van der Waals surface area contributed by atoms with Gasteiger partial charge in [0.15, 0.2) is 0 Å². The summed E-state index contributed by atoms with van der Waals surface area (Å²) in [7, 11) is -1.15. The van der Waals surface area contributed by atoms with Gasteiger partial charge >= 0.3 is 0 Å². The van der Waals surface area contributed by atoms with Crippen molar-refractivity contribution < 1.29 is 4.21 Å². The third-order valence-corrected chi connectivity index (χ3v) is 7.33. The molecule has 2 atom stereocenters. The van der Waals surface area contributed by atoms with Crippen LogP contribution in [0.25, 0.3) is 22.2 Å². The van der Waals surface area contributed by atoms with Crippen LogP contribution in [0, 0.1) is 0 Å². The van der Waals surface area contributed by atoms with Crippen LogP contribution in [-0.4, -0.2) is 31.7 Å². The van der Waals surface area contributed by atoms with E-state index in [9.17, 15) is 4.21 Å². The van der Waals surface area contributed by atoms with E-state index in [1.54, 1.807) is 0 Å². The number of H-pyrrole nitrogens is 1. The van der Waals surface area contributed by atoms with E-state index < -0.39 is 11.0 Å². The van der Waals surface area contributed by atoms with Crippen LogP contribution in [0.1, 0.15) is 32.9 Å². The lowest BCUT2D eigenvalue weighted by atomic mass is 9.92. The molecular formula is C21H25N3OS2. The predicted molar refractivity (Wildman–Crippen MR) is 116 cm³/mol. The predicted octanol–water partition coefficient (Wildman–Crippen LogP) is 4.65. The smallest absolute Gasteiger partial charge is 0.138 e. The van der Waals surface area contributed by atoms with Crippen LogP contribution in [0.4, 0.5) is 0 Å². The van der Waals surface area contributed by atoms with Crippen LogP contribution in [-0.2, 0) is 16.4 Å². The fourth-order valence-corrected chi connectivity index (χ4v) is 5.57. The lowest BCUT2D eigenvalue weighted by molar-refractivity contribution is 0.574. The first-order valence-corrected chi connectivity index (χ1v) is 11.6. The van der Waals surface area contributed by atoms with Gasteiger partial charge in [-0.2, -0.15) is 11.8 Å². The number of aromatic amines is 1. The molecular weight excluding hydrogens is 374 g/mol. The molecule has 0 bridgehead atoms. The molecule has 0 spiro atoms. The highest BCUT2D eigenvalue weighted by molar-refractivity contribution is 7.99. The Morgan fingerprint density at radius 3 is 2.67 bits per heavy atom. The maximum Gasteiger partial charge on any atom is 0.138 e. The van der Waals surface area contributed by atoms with Gasteiger partial charge in [0.05, 0.1) is 4.90 Å². The molecule has 0 amide bonds. The Morgan fingerprint density at radius 1 is 1.22 bits per heavy atom. The molecule has 2 aromatic heterocycles. The molecule has 142 valence electrons. The van der Waals surface area contributed by atoms with Gasteiger partial charge in [-0.1, -0.05) is 32.9 Å². The number of rotatable bonds is 4. The van der Waals surface area contributed by atoms with Crippen molar-refractivity contribution >= 4 is 33.8 Å². The first kappa shape index (κ1) is 18.7. The largest absolute Gasteiger partial charge is 0.343 e. The molecule has 0 saturated carbocycles. The summed E-state index contributed by atoms with van der Waals surface area (Å²) < 4.78 is 15.8. The molecule has 0 radical (unpaired) electrons. The maximum atomic E-state index is 12.6. The Morgan fingerprint density at radius 2 is 2.00 bits per heavy atom. The van der Waals surface area contributed by atoms with E-state index in [1.165, 1.54) is 5.69 Å². The lowest BCUT2D eigenvalue weighted by Gasteiger charge is -2.15. The van der Waals surface area contributed by atoms with Gasteiger partial charge in [0.2, 0.25) is 0 Å². The summed E-state index contributed by atoms with van der Waals surface area (Å²) in [4.78, 5) is 8.76. The number of fused-ring (bicyclic) bond motifs is 1. The highest BCUT2D eigenvalue weighted by Crippen LogP contribution is 2.32. The maximum absolute atomic E-state index is 12.6. The number of benzene rings is 1. The zero-order valence-corrected chi connectivity index (χ0v) is 17.5. The fraction of sp³-hybridized carbons (Fsp3) is 0.381. The van der Waals surface area contributed by atoms with E-state index >= 15 is 0 Å². The molecule has 3 aromatic rings. The number of nitrogens with zero attached hydrogens (tertiary/aromatic N) is 1. The van der Waals surface area contributed by atoms with E-state index in [1.807, 2.05) is 36.2 Å². The van der Waals surface area contributed by atoms with E-state index in [0.29, 0.717) is 6.04 Å². The van der Waals surface area contributed by atoms with Crippen molar-refractivity contribution in [2.24, 2.45) is 0 Å². The normalized spacial score (nSPS) is 18.9. The van der Waals surface area contributed by atoms with Gasteiger partial charge in [0.1, 0.15) is 16.6 Å². The number of pyridine rings is 1. The number of nitrogens with one attached hydrogen (secondary N) is 2. The Labute approximate surface area is 167 Å². The van der Waals surface area contributed by atoms with Crippen LogP contribution in [0.2, 0.25) is 0 Å². The molecule has 4 nitrogen and oxygen atoms in total. The number of hydrogen-bond acceptors (Lipinski definition) is 3. The van der Waals surface area contributed by atoms with Gasteiger partial charge in [-0.25, -0.2) is 13.9 Å². The van der Waals surface area contributed by atoms with Crippen molar-refractivity contribution in [1.82, 2.24) is 14.7 Å². The second-order valence-corrected chi connectivity index (χ2v) is 10.4. The van der Waals surface area contributed by atoms with Crippen LogP contribution < -0.4 is 4.72 Å². The van der Waals surface area contributed by atoms with Crippen molar-refractivity contribution in [2.75, 3.05) is 11.5 Å². The van der Waals surface area contributed by atoms with Crippen LogP contribution in [0.3, 0.4) is 0 Å². The van der Waals surface area contributed by atoms with Gasteiger partial charge in [-0.15, -0.1) is 0 Å². The van der Waals surface area contributed by atoms with Crippen molar-refractivity contribution in [3.8, 4) is 11.1 Å². The number of aromatic nitrogens is 2. The SMILES string of the molecule is CC(C)(C)c1cc2c(-c3ccc(S(=O)NC4CCSC4)cc3)ccnc2[nH]1. The first-order valence-electron chi connectivity index (χ1n) is 9.26. The minimum absolute atomic E-state index is 0.0446. The molecule has 1 saturated heterocycles. The Hall–Kier alpha value is -1.63. The van der Waals surface area contributed by atoms with Gasteiger partial charge in [-0.3, -0.25) is 0 Å². The monoisotopic (exact) mass is 399 g/mol. The molecule has 0 aliphatic carbocycles. The van der Waals surface area contributed by atoms with Gasteiger partial charge in [-0.05, 0) is 47.6 Å². The molecule has 1 aliphatic heterocycles. The van der Waals surface area contributed by atoms with Crippen molar-refractivity contribution in [1.29, 1.82) is 0 Å². The highest BCUT2D eigenvalue weighted by Gasteiger charge is 2.19. The molecule has 2 N–H and O–H groups in total. The number of thioether (sulfide) groups is 1. The Bertz CT molecular complexity index is 967. The Balaban J connectivity index is 1.62. The van der Waals surface area contributed by atoms with Gasteiger partial charge in [0.25, 0.3) is 0 Å². The molecule has 3 heterocycles. The minimum atomic E-state index is -1.15. The second-order valence-electron chi connectivity index (χ2n) is 8.03. The van der Waals surface area contributed by atoms with E-state index in [4.69, 9.17) is 0 Å². The quantitative estimate of drug-likeness (QED) is 0.672. The van der Waals surface area contributed by atoms with Crippen molar-refractivity contribution in [3.05, 3.63) is 48.3 Å². The fourth-order valence-electron chi connectivity index (χ4n) is 3.29. The van der Waals surface area contributed by atoms with E-state index in [2.05, 4.69) is 53.7 Å².